The lowest BCUT2D eigenvalue weighted by Gasteiger charge is -2.13. The number of aryl methyl sites for hydroxylation is 2. The molecule has 0 bridgehead atoms. The fourth-order valence-electron chi connectivity index (χ4n) is 1.16. The Bertz CT molecular complexity index is 303. The summed E-state index contributed by atoms with van der Waals surface area (Å²) in [5.41, 5.74) is 1.82. The molecule has 0 aliphatic rings. The van der Waals surface area contributed by atoms with Crippen LogP contribution in [0.5, 0.6) is 11.5 Å². The number of ether oxygens (including phenoxy) is 1. The average Bonchev–Trinajstić information content (AvgIpc) is 1.99. The Morgan fingerprint density at radius 3 is 2.31 bits per heavy atom. The zero-order valence-corrected chi connectivity index (χ0v) is 8.59. The van der Waals surface area contributed by atoms with Gasteiger partial charge in [0.1, 0.15) is 11.5 Å². The molecule has 2 nitrogen and oxygen atoms in total. The van der Waals surface area contributed by atoms with E-state index >= 15 is 0 Å². The maximum atomic E-state index is 9.40. The van der Waals surface area contributed by atoms with Crippen LogP contribution in [0.25, 0.3) is 0 Å². The smallest absolute Gasteiger partial charge is 0.123 e. The lowest BCUT2D eigenvalue weighted by Crippen LogP contribution is -2.06. The molecule has 1 rings (SSSR count). The van der Waals surface area contributed by atoms with Gasteiger partial charge in [-0.05, 0) is 51.0 Å². The van der Waals surface area contributed by atoms with E-state index in [4.69, 9.17) is 4.74 Å². The summed E-state index contributed by atoms with van der Waals surface area (Å²) >= 11 is 0. The van der Waals surface area contributed by atoms with Gasteiger partial charge in [0.2, 0.25) is 0 Å². The Morgan fingerprint density at radius 2 is 1.77 bits per heavy atom. The minimum absolute atomic E-state index is 0.169. The third kappa shape index (κ3) is 2.38. The molecule has 0 fully saturated rings. The highest BCUT2D eigenvalue weighted by atomic mass is 16.5. The van der Waals surface area contributed by atoms with Crippen molar-refractivity contribution in [3.8, 4) is 11.5 Å². The van der Waals surface area contributed by atoms with Crippen molar-refractivity contribution in [1.29, 1.82) is 0 Å². The molecule has 0 aliphatic carbocycles. The van der Waals surface area contributed by atoms with Crippen molar-refractivity contribution in [1.82, 2.24) is 0 Å². The van der Waals surface area contributed by atoms with Gasteiger partial charge in [-0.1, -0.05) is 0 Å². The highest BCUT2D eigenvalue weighted by Crippen LogP contribution is 2.27. The Morgan fingerprint density at radius 1 is 1.15 bits per heavy atom. The fraction of sp³-hybridized carbons (Fsp3) is 0.455. The van der Waals surface area contributed by atoms with Crippen LogP contribution >= 0.6 is 0 Å². The number of rotatable bonds is 2. The van der Waals surface area contributed by atoms with Gasteiger partial charge in [-0.2, -0.15) is 0 Å². The van der Waals surface area contributed by atoms with E-state index in [1.54, 1.807) is 6.07 Å². The first kappa shape index (κ1) is 9.90. The second-order valence-electron chi connectivity index (χ2n) is 3.57. The number of benzene rings is 1. The van der Waals surface area contributed by atoms with Gasteiger partial charge in [0.25, 0.3) is 0 Å². The summed E-state index contributed by atoms with van der Waals surface area (Å²) in [6.07, 6.45) is 0.169. The average molecular weight is 180 g/mol. The first-order valence-electron chi connectivity index (χ1n) is 4.47. The minimum Gasteiger partial charge on any atom is -0.508 e. The number of hydrogen-bond acceptors (Lipinski definition) is 2. The second-order valence-corrected chi connectivity index (χ2v) is 3.57. The predicted octanol–water partition coefficient (Wildman–Crippen LogP) is 2.80. The molecule has 0 spiro atoms. The maximum absolute atomic E-state index is 9.40. The van der Waals surface area contributed by atoms with E-state index in [1.165, 1.54) is 0 Å². The molecule has 13 heavy (non-hydrogen) atoms. The lowest BCUT2D eigenvalue weighted by atomic mass is 10.1. The largest absolute Gasteiger partial charge is 0.508 e. The van der Waals surface area contributed by atoms with E-state index in [0.717, 1.165) is 16.9 Å². The maximum Gasteiger partial charge on any atom is 0.123 e. The molecule has 0 aromatic heterocycles. The van der Waals surface area contributed by atoms with Crippen molar-refractivity contribution in [3.63, 3.8) is 0 Å². The van der Waals surface area contributed by atoms with Crippen LogP contribution in [0.1, 0.15) is 25.0 Å². The molecule has 0 saturated heterocycles. The first-order valence-corrected chi connectivity index (χ1v) is 4.47. The SMILES string of the molecule is Cc1cc(OC(C)C)c(C)cc1O. The summed E-state index contributed by atoms with van der Waals surface area (Å²) < 4.78 is 5.57. The van der Waals surface area contributed by atoms with E-state index in [1.807, 2.05) is 33.8 Å². The Labute approximate surface area is 79.2 Å². The Hall–Kier alpha value is -1.18. The fourth-order valence-corrected chi connectivity index (χ4v) is 1.16. The second kappa shape index (κ2) is 3.69. The summed E-state index contributed by atoms with van der Waals surface area (Å²) in [6.45, 7) is 7.77. The monoisotopic (exact) mass is 180 g/mol. The molecule has 2 heteroatoms. The molecule has 0 amide bonds. The third-order valence-electron chi connectivity index (χ3n) is 1.86. The van der Waals surface area contributed by atoms with Gasteiger partial charge in [-0.25, -0.2) is 0 Å². The van der Waals surface area contributed by atoms with Crippen LogP contribution in [-0.4, -0.2) is 11.2 Å². The van der Waals surface area contributed by atoms with Gasteiger partial charge in [0.15, 0.2) is 0 Å². The van der Waals surface area contributed by atoms with Gasteiger partial charge in [-0.15, -0.1) is 0 Å². The molecule has 0 atom stereocenters. The third-order valence-corrected chi connectivity index (χ3v) is 1.86. The lowest BCUT2D eigenvalue weighted by molar-refractivity contribution is 0.240. The van der Waals surface area contributed by atoms with E-state index in [-0.39, 0.29) is 6.10 Å². The Balaban J connectivity index is 3.01. The van der Waals surface area contributed by atoms with Crippen molar-refractivity contribution in [2.75, 3.05) is 0 Å². The van der Waals surface area contributed by atoms with Gasteiger partial charge >= 0.3 is 0 Å². The standard InChI is InChI=1S/C11H16O2/c1-7(2)13-11-6-8(3)10(12)5-9(11)4/h5-7,12H,1-4H3. The molecule has 1 N–H and O–H groups in total. The first-order chi connectivity index (χ1) is 6.00. The van der Waals surface area contributed by atoms with Crippen LogP contribution < -0.4 is 4.74 Å². The highest BCUT2D eigenvalue weighted by Gasteiger charge is 2.05. The molecule has 1 aromatic carbocycles. The Kier molecular flexibility index (Phi) is 2.81. The molecule has 1 aromatic rings. The molecule has 0 saturated carbocycles. The van der Waals surface area contributed by atoms with Crippen molar-refractivity contribution < 1.29 is 9.84 Å². The van der Waals surface area contributed by atoms with Gasteiger partial charge in [0, 0.05) is 0 Å². The molecule has 0 unspecified atom stereocenters. The van der Waals surface area contributed by atoms with Crippen LogP contribution in [0.2, 0.25) is 0 Å². The quantitative estimate of drug-likeness (QED) is 0.758. The van der Waals surface area contributed by atoms with Crippen molar-refractivity contribution >= 4 is 0 Å². The molecule has 72 valence electrons. The molecule has 0 radical (unpaired) electrons. The van der Waals surface area contributed by atoms with Crippen molar-refractivity contribution in [3.05, 3.63) is 23.3 Å². The number of phenols is 1. The van der Waals surface area contributed by atoms with E-state index in [9.17, 15) is 5.11 Å². The summed E-state index contributed by atoms with van der Waals surface area (Å²) in [6, 6.07) is 3.59. The van der Waals surface area contributed by atoms with Crippen LogP contribution in [0.3, 0.4) is 0 Å². The number of aromatic hydroxyl groups is 1. The molecular weight excluding hydrogens is 164 g/mol. The molecule has 0 heterocycles. The summed E-state index contributed by atoms with van der Waals surface area (Å²) in [7, 11) is 0. The van der Waals surface area contributed by atoms with E-state index in [0.29, 0.717) is 5.75 Å². The number of hydrogen-bond donors (Lipinski definition) is 1. The zero-order valence-electron chi connectivity index (χ0n) is 8.59. The summed E-state index contributed by atoms with van der Waals surface area (Å²) in [5, 5.41) is 9.40. The minimum atomic E-state index is 0.169. The number of phenolic OH excluding ortho intramolecular Hbond substituents is 1. The summed E-state index contributed by atoms with van der Waals surface area (Å²) in [5.74, 6) is 1.18. The van der Waals surface area contributed by atoms with Crippen LogP contribution in [0.15, 0.2) is 12.1 Å². The zero-order chi connectivity index (χ0) is 10.0. The van der Waals surface area contributed by atoms with E-state index in [2.05, 4.69) is 0 Å². The normalized spacial score (nSPS) is 10.5. The van der Waals surface area contributed by atoms with Crippen molar-refractivity contribution in [2.45, 2.75) is 33.8 Å². The van der Waals surface area contributed by atoms with Crippen molar-refractivity contribution in [2.24, 2.45) is 0 Å². The van der Waals surface area contributed by atoms with Gasteiger partial charge < -0.3 is 9.84 Å². The van der Waals surface area contributed by atoms with Gasteiger partial charge in [0.05, 0.1) is 6.10 Å². The van der Waals surface area contributed by atoms with Gasteiger partial charge in [-0.3, -0.25) is 0 Å². The summed E-state index contributed by atoms with van der Waals surface area (Å²) in [4.78, 5) is 0. The van der Waals surface area contributed by atoms with Crippen LogP contribution in [0.4, 0.5) is 0 Å². The predicted molar refractivity (Wildman–Crippen MR) is 53.3 cm³/mol. The molecule has 0 aliphatic heterocycles. The van der Waals surface area contributed by atoms with E-state index < -0.39 is 0 Å². The van der Waals surface area contributed by atoms with Crippen LogP contribution in [-0.2, 0) is 0 Å². The topological polar surface area (TPSA) is 29.5 Å². The highest BCUT2D eigenvalue weighted by molar-refractivity contribution is 5.44. The van der Waals surface area contributed by atoms with Crippen LogP contribution in [0, 0.1) is 13.8 Å². The molecular formula is C11H16O2.